The summed E-state index contributed by atoms with van der Waals surface area (Å²) < 4.78 is 5.34. The predicted octanol–water partition coefficient (Wildman–Crippen LogP) is 2.71. The molecule has 0 atom stereocenters. The lowest BCUT2D eigenvalue weighted by atomic mass is 9.99. The highest BCUT2D eigenvalue weighted by atomic mass is 32.1. The van der Waals surface area contributed by atoms with Gasteiger partial charge in [0.15, 0.2) is 0 Å². The average molecular weight is 267 g/mol. The normalized spacial score (nSPS) is 10.6. The van der Waals surface area contributed by atoms with Gasteiger partial charge in [-0.15, -0.1) is 0 Å². The van der Waals surface area contributed by atoms with E-state index in [2.05, 4.69) is 32.5 Å². The second-order valence-electron chi connectivity index (χ2n) is 4.64. The number of thiol groups is 1. The molecule has 0 aliphatic rings. The van der Waals surface area contributed by atoms with Gasteiger partial charge in [0.05, 0.1) is 12.9 Å². The van der Waals surface area contributed by atoms with Crippen molar-refractivity contribution in [1.29, 1.82) is 0 Å². The summed E-state index contributed by atoms with van der Waals surface area (Å²) in [6.07, 6.45) is 0. The fraction of sp³-hybridized carbons (Fsp3) is 0.500. The monoisotopic (exact) mass is 267 g/mol. The van der Waals surface area contributed by atoms with Gasteiger partial charge in [0.1, 0.15) is 5.75 Å². The van der Waals surface area contributed by atoms with Crippen molar-refractivity contribution in [1.82, 2.24) is 4.90 Å². The Hall–Kier alpha value is -1.16. The molecule has 0 fully saturated rings. The number of rotatable bonds is 5. The first-order chi connectivity index (χ1) is 8.49. The van der Waals surface area contributed by atoms with Gasteiger partial charge in [-0.25, -0.2) is 0 Å². The summed E-state index contributed by atoms with van der Waals surface area (Å²) in [6, 6.07) is 6.06. The Kier molecular flexibility index (Phi) is 5.54. The maximum atomic E-state index is 11.5. The van der Waals surface area contributed by atoms with Gasteiger partial charge in [-0.1, -0.05) is 26.0 Å². The van der Waals surface area contributed by atoms with Crippen LogP contribution in [0.1, 0.15) is 30.9 Å². The van der Waals surface area contributed by atoms with Crippen LogP contribution in [0.4, 0.5) is 0 Å². The van der Waals surface area contributed by atoms with Crippen molar-refractivity contribution in [2.45, 2.75) is 26.3 Å². The fourth-order valence-electron chi connectivity index (χ4n) is 1.82. The van der Waals surface area contributed by atoms with E-state index in [-0.39, 0.29) is 11.7 Å². The lowest BCUT2D eigenvalue weighted by Gasteiger charge is -2.18. The average Bonchev–Trinajstić information content (AvgIpc) is 2.37. The third-order valence-corrected chi connectivity index (χ3v) is 3.17. The summed E-state index contributed by atoms with van der Waals surface area (Å²) in [6.45, 7) is 4.86. The number of carbonyl (C=O) groups excluding carboxylic acids is 1. The molecular weight excluding hydrogens is 246 g/mol. The molecule has 3 nitrogen and oxygen atoms in total. The molecule has 18 heavy (non-hydrogen) atoms. The van der Waals surface area contributed by atoms with Crippen LogP contribution in [0.3, 0.4) is 0 Å². The minimum absolute atomic E-state index is 0.0280. The zero-order chi connectivity index (χ0) is 13.7. The van der Waals surface area contributed by atoms with Crippen molar-refractivity contribution in [3.63, 3.8) is 0 Å². The number of hydrogen-bond donors (Lipinski definition) is 1. The molecule has 0 saturated carbocycles. The maximum Gasteiger partial charge on any atom is 0.232 e. The van der Waals surface area contributed by atoms with Gasteiger partial charge in [-0.2, -0.15) is 12.6 Å². The molecule has 1 rings (SSSR count). The summed E-state index contributed by atoms with van der Waals surface area (Å²) in [5, 5.41) is 0. The number of methoxy groups -OCH3 is 1. The van der Waals surface area contributed by atoms with E-state index >= 15 is 0 Å². The molecular formula is C14H21NO2S. The Balaban J connectivity index is 2.91. The molecule has 0 radical (unpaired) electrons. The molecule has 4 heteroatoms. The van der Waals surface area contributed by atoms with E-state index in [0.717, 1.165) is 11.3 Å². The molecule has 0 N–H and O–H groups in total. The topological polar surface area (TPSA) is 29.5 Å². The molecule has 1 aromatic carbocycles. The van der Waals surface area contributed by atoms with Gasteiger partial charge >= 0.3 is 0 Å². The van der Waals surface area contributed by atoms with E-state index < -0.39 is 0 Å². The van der Waals surface area contributed by atoms with E-state index in [1.54, 1.807) is 19.1 Å². The second kappa shape index (κ2) is 6.69. The molecule has 0 aliphatic carbocycles. The van der Waals surface area contributed by atoms with Crippen LogP contribution in [0.25, 0.3) is 0 Å². The molecule has 1 amide bonds. The van der Waals surface area contributed by atoms with E-state index in [9.17, 15) is 4.79 Å². The molecule has 0 bridgehead atoms. The quantitative estimate of drug-likeness (QED) is 0.831. The van der Waals surface area contributed by atoms with Gasteiger partial charge in [0.25, 0.3) is 0 Å². The Labute approximate surface area is 115 Å². The third kappa shape index (κ3) is 3.67. The van der Waals surface area contributed by atoms with Gasteiger partial charge in [-0.3, -0.25) is 4.79 Å². The molecule has 0 saturated heterocycles. The Morgan fingerprint density at radius 1 is 1.44 bits per heavy atom. The van der Waals surface area contributed by atoms with Crippen LogP contribution in [-0.2, 0) is 11.3 Å². The van der Waals surface area contributed by atoms with Crippen LogP contribution in [0.5, 0.6) is 5.75 Å². The van der Waals surface area contributed by atoms with Crippen molar-refractivity contribution >= 4 is 18.5 Å². The van der Waals surface area contributed by atoms with Crippen molar-refractivity contribution in [3.05, 3.63) is 29.3 Å². The summed E-state index contributed by atoms with van der Waals surface area (Å²) >= 11 is 3.99. The molecule has 1 aromatic rings. The standard InChI is InChI=1S/C14H21NO2S/c1-10(2)12-7-11(5-6-13(12)17-4)8-15(3)14(16)9-18/h5-7,10,18H,8-9H2,1-4H3. The van der Waals surface area contributed by atoms with Crippen molar-refractivity contribution in [3.8, 4) is 5.75 Å². The Morgan fingerprint density at radius 3 is 2.61 bits per heavy atom. The van der Waals surface area contributed by atoms with Crippen LogP contribution in [0.15, 0.2) is 18.2 Å². The zero-order valence-corrected chi connectivity index (χ0v) is 12.3. The largest absolute Gasteiger partial charge is 0.496 e. The lowest BCUT2D eigenvalue weighted by molar-refractivity contribution is -0.127. The lowest BCUT2D eigenvalue weighted by Crippen LogP contribution is -2.27. The van der Waals surface area contributed by atoms with Crippen LogP contribution in [0.2, 0.25) is 0 Å². The maximum absolute atomic E-state index is 11.5. The second-order valence-corrected chi connectivity index (χ2v) is 4.96. The van der Waals surface area contributed by atoms with E-state index in [0.29, 0.717) is 12.5 Å². The fourth-order valence-corrected chi connectivity index (χ4v) is 2.06. The number of amides is 1. The summed E-state index contributed by atoms with van der Waals surface area (Å²) in [5.41, 5.74) is 2.28. The van der Waals surface area contributed by atoms with Gasteiger partial charge < -0.3 is 9.64 Å². The van der Waals surface area contributed by atoms with E-state index in [1.807, 2.05) is 12.1 Å². The Morgan fingerprint density at radius 2 is 2.11 bits per heavy atom. The van der Waals surface area contributed by atoms with Gasteiger partial charge in [0, 0.05) is 13.6 Å². The summed E-state index contributed by atoms with van der Waals surface area (Å²) in [4.78, 5) is 13.2. The number of carbonyl (C=O) groups is 1. The highest BCUT2D eigenvalue weighted by molar-refractivity contribution is 7.81. The molecule has 0 heterocycles. The van der Waals surface area contributed by atoms with Crippen LogP contribution in [-0.4, -0.2) is 30.7 Å². The first kappa shape index (κ1) is 14.9. The molecule has 0 spiro atoms. The van der Waals surface area contributed by atoms with Gasteiger partial charge in [-0.05, 0) is 23.1 Å². The summed E-state index contributed by atoms with van der Waals surface area (Å²) in [5.74, 6) is 1.56. The highest BCUT2D eigenvalue weighted by Gasteiger charge is 2.11. The highest BCUT2D eigenvalue weighted by Crippen LogP contribution is 2.27. The first-order valence-electron chi connectivity index (χ1n) is 6.01. The molecule has 100 valence electrons. The number of nitrogens with zero attached hydrogens (tertiary/aromatic N) is 1. The van der Waals surface area contributed by atoms with Crippen molar-refractivity contribution < 1.29 is 9.53 Å². The number of benzene rings is 1. The number of ether oxygens (including phenoxy) is 1. The van der Waals surface area contributed by atoms with Gasteiger partial charge in [0.2, 0.25) is 5.91 Å². The van der Waals surface area contributed by atoms with E-state index in [1.165, 1.54) is 5.56 Å². The first-order valence-corrected chi connectivity index (χ1v) is 6.64. The third-order valence-electron chi connectivity index (χ3n) is 2.90. The van der Waals surface area contributed by atoms with Crippen LogP contribution < -0.4 is 4.74 Å². The Bertz CT molecular complexity index is 418. The van der Waals surface area contributed by atoms with Crippen LogP contribution in [0, 0.1) is 0 Å². The van der Waals surface area contributed by atoms with Crippen molar-refractivity contribution in [2.24, 2.45) is 0 Å². The van der Waals surface area contributed by atoms with E-state index in [4.69, 9.17) is 4.74 Å². The van der Waals surface area contributed by atoms with Crippen molar-refractivity contribution in [2.75, 3.05) is 19.9 Å². The minimum Gasteiger partial charge on any atom is -0.496 e. The molecule has 0 unspecified atom stereocenters. The summed E-state index contributed by atoms with van der Waals surface area (Å²) in [7, 11) is 3.47. The number of hydrogen-bond acceptors (Lipinski definition) is 3. The SMILES string of the molecule is COc1ccc(CN(C)C(=O)CS)cc1C(C)C. The van der Waals surface area contributed by atoms with Crippen LogP contribution >= 0.6 is 12.6 Å². The predicted molar refractivity (Wildman–Crippen MR) is 77.4 cm³/mol. The molecule has 0 aromatic heterocycles. The minimum atomic E-state index is 0.0280. The smallest absolute Gasteiger partial charge is 0.232 e. The molecule has 0 aliphatic heterocycles. The zero-order valence-electron chi connectivity index (χ0n) is 11.4.